The molecule has 5 aromatic heterocycles. The fraction of sp³-hybridized carbons (Fsp3) is 0.190. The molecule has 11 heteroatoms. The summed E-state index contributed by atoms with van der Waals surface area (Å²) in [7, 11) is 0. The number of rotatable bonds is 3. The summed E-state index contributed by atoms with van der Waals surface area (Å²) in [6.45, 7) is 2.44. The smallest absolute Gasteiger partial charge is 0.312 e. The predicted molar refractivity (Wildman–Crippen MR) is 110 cm³/mol. The van der Waals surface area contributed by atoms with E-state index in [1.807, 2.05) is 35.7 Å². The standard InChI is InChI=1S/C21H17N9O2/c1-12-3-2-4-13-9-15(28-30(12)13)18-17-14(24-11-25-17)5-8-29(18)21(31)20-27-26-19(32-20)16-10-22-6-7-23-16/h2-4,6-7,9-11,18H,5,8H2,1H3,(H,24,25)/t18-/m0/s1. The zero-order chi connectivity index (χ0) is 21.7. The third-order valence-electron chi connectivity index (χ3n) is 5.55. The Bertz CT molecular complexity index is 1440. The van der Waals surface area contributed by atoms with Crippen molar-refractivity contribution in [3.8, 4) is 11.6 Å². The van der Waals surface area contributed by atoms with E-state index in [1.54, 1.807) is 17.4 Å². The summed E-state index contributed by atoms with van der Waals surface area (Å²) >= 11 is 0. The van der Waals surface area contributed by atoms with E-state index >= 15 is 0 Å². The largest absolute Gasteiger partial charge is 0.411 e. The van der Waals surface area contributed by atoms with Crippen molar-refractivity contribution < 1.29 is 9.21 Å². The van der Waals surface area contributed by atoms with Crippen LogP contribution in [0.15, 0.2) is 53.6 Å². The van der Waals surface area contributed by atoms with Crippen molar-refractivity contribution in [2.24, 2.45) is 0 Å². The van der Waals surface area contributed by atoms with Crippen molar-refractivity contribution in [2.75, 3.05) is 6.54 Å². The minimum absolute atomic E-state index is 0.116. The van der Waals surface area contributed by atoms with Crippen molar-refractivity contribution in [2.45, 2.75) is 19.4 Å². The number of aromatic amines is 1. The topological polar surface area (TPSA) is 131 Å². The molecule has 158 valence electrons. The number of imidazole rings is 1. The number of hydrogen-bond donors (Lipinski definition) is 1. The Morgan fingerprint density at radius 1 is 1.22 bits per heavy atom. The van der Waals surface area contributed by atoms with Gasteiger partial charge >= 0.3 is 11.8 Å². The van der Waals surface area contributed by atoms with Gasteiger partial charge in [-0.3, -0.25) is 9.78 Å². The number of H-pyrrole nitrogens is 1. The third-order valence-corrected chi connectivity index (χ3v) is 5.55. The number of aryl methyl sites for hydroxylation is 1. The fourth-order valence-corrected chi connectivity index (χ4v) is 4.05. The molecule has 1 aliphatic rings. The lowest BCUT2D eigenvalue weighted by molar-refractivity contribution is 0.0646. The molecule has 0 aromatic carbocycles. The molecule has 0 aliphatic carbocycles. The predicted octanol–water partition coefficient (Wildman–Crippen LogP) is 1.99. The molecular weight excluding hydrogens is 410 g/mol. The van der Waals surface area contributed by atoms with Crippen molar-refractivity contribution in [1.82, 2.24) is 44.6 Å². The molecule has 0 saturated heterocycles. The Labute approximate surface area is 181 Å². The van der Waals surface area contributed by atoms with Crippen LogP contribution in [0.5, 0.6) is 0 Å². The lowest BCUT2D eigenvalue weighted by Gasteiger charge is -2.32. The number of pyridine rings is 1. The van der Waals surface area contributed by atoms with Gasteiger partial charge in [0.2, 0.25) is 0 Å². The third kappa shape index (κ3) is 2.86. The first-order valence-electron chi connectivity index (χ1n) is 10.1. The Morgan fingerprint density at radius 3 is 3.00 bits per heavy atom. The second kappa shape index (κ2) is 7.08. The van der Waals surface area contributed by atoms with Gasteiger partial charge in [0.1, 0.15) is 11.7 Å². The normalized spacial score (nSPS) is 15.8. The average Bonchev–Trinajstić information content (AvgIpc) is 3.58. The van der Waals surface area contributed by atoms with Crippen LogP contribution in [0.25, 0.3) is 17.1 Å². The lowest BCUT2D eigenvalue weighted by atomic mass is 9.99. The van der Waals surface area contributed by atoms with Crippen LogP contribution in [0.4, 0.5) is 0 Å². The minimum Gasteiger partial charge on any atom is -0.411 e. The lowest BCUT2D eigenvalue weighted by Crippen LogP contribution is -2.41. The molecule has 1 amide bonds. The average molecular weight is 427 g/mol. The van der Waals surface area contributed by atoms with E-state index in [0.29, 0.717) is 18.7 Å². The number of amides is 1. The highest BCUT2D eigenvalue weighted by Gasteiger charge is 2.38. The van der Waals surface area contributed by atoms with Crippen LogP contribution in [0.3, 0.4) is 0 Å². The molecule has 32 heavy (non-hydrogen) atoms. The van der Waals surface area contributed by atoms with E-state index in [2.05, 4.69) is 30.1 Å². The molecule has 6 rings (SSSR count). The van der Waals surface area contributed by atoms with Crippen molar-refractivity contribution in [3.63, 3.8) is 0 Å². The molecule has 0 saturated carbocycles. The van der Waals surface area contributed by atoms with Gasteiger partial charge in [-0.05, 0) is 25.1 Å². The zero-order valence-electron chi connectivity index (χ0n) is 17.0. The van der Waals surface area contributed by atoms with Gasteiger partial charge in [-0.25, -0.2) is 14.5 Å². The molecule has 11 nitrogen and oxygen atoms in total. The second-order valence-electron chi connectivity index (χ2n) is 7.49. The highest BCUT2D eigenvalue weighted by molar-refractivity contribution is 5.90. The van der Waals surface area contributed by atoms with E-state index in [4.69, 9.17) is 9.52 Å². The molecule has 0 fully saturated rings. The first-order chi connectivity index (χ1) is 15.7. The van der Waals surface area contributed by atoms with Gasteiger partial charge < -0.3 is 14.3 Å². The monoisotopic (exact) mass is 427 g/mol. The van der Waals surface area contributed by atoms with Gasteiger partial charge in [0, 0.05) is 36.7 Å². The maximum absolute atomic E-state index is 13.5. The molecule has 0 radical (unpaired) electrons. The summed E-state index contributed by atoms with van der Waals surface area (Å²) in [4.78, 5) is 31.0. The van der Waals surface area contributed by atoms with Crippen LogP contribution < -0.4 is 0 Å². The Kier molecular flexibility index (Phi) is 4.06. The number of aromatic nitrogens is 8. The molecule has 1 aliphatic heterocycles. The number of fused-ring (bicyclic) bond motifs is 2. The molecular formula is C21H17N9O2. The quantitative estimate of drug-likeness (QED) is 0.462. The highest BCUT2D eigenvalue weighted by Crippen LogP contribution is 2.34. The summed E-state index contributed by atoms with van der Waals surface area (Å²) in [5.41, 5.74) is 4.81. The zero-order valence-corrected chi connectivity index (χ0v) is 17.0. The number of nitrogens with one attached hydrogen (secondary N) is 1. The van der Waals surface area contributed by atoms with E-state index in [-0.39, 0.29) is 17.7 Å². The van der Waals surface area contributed by atoms with Crippen LogP contribution in [-0.2, 0) is 6.42 Å². The maximum atomic E-state index is 13.5. The van der Waals surface area contributed by atoms with Gasteiger partial charge in [0.15, 0.2) is 0 Å². The molecule has 1 N–H and O–H groups in total. The Morgan fingerprint density at radius 2 is 2.16 bits per heavy atom. The Hall–Kier alpha value is -4.41. The van der Waals surface area contributed by atoms with Crippen LogP contribution >= 0.6 is 0 Å². The van der Waals surface area contributed by atoms with Crippen LogP contribution in [0, 0.1) is 6.92 Å². The summed E-state index contributed by atoms with van der Waals surface area (Å²) in [6.07, 6.45) is 6.84. The van der Waals surface area contributed by atoms with E-state index in [0.717, 1.165) is 28.3 Å². The Balaban J connectivity index is 1.41. The first kappa shape index (κ1) is 18.4. The molecule has 5 aromatic rings. The van der Waals surface area contributed by atoms with Gasteiger partial charge in [-0.1, -0.05) is 6.07 Å². The summed E-state index contributed by atoms with van der Waals surface area (Å²) in [5, 5.41) is 12.7. The number of carbonyl (C=O) groups excluding carboxylic acids is 1. The van der Waals surface area contributed by atoms with E-state index < -0.39 is 6.04 Å². The summed E-state index contributed by atoms with van der Waals surface area (Å²) < 4.78 is 7.51. The molecule has 0 spiro atoms. The van der Waals surface area contributed by atoms with Crippen molar-refractivity contribution in [1.29, 1.82) is 0 Å². The number of carbonyl (C=O) groups is 1. The second-order valence-corrected chi connectivity index (χ2v) is 7.49. The van der Waals surface area contributed by atoms with E-state index in [1.165, 1.54) is 12.4 Å². The van der Waals surface area contributed by atoms with Crippen molar-refractivity contribution >= 4 is 11.4 Å². The molecule has 1 atom stereocenters. The molecule has 0 bridgehead atoms. The molecule has 0 unspecified atom stereocenters. The first-order valence-corrected chi connectivity index (χ1v) is 10.1. The fourth-order valence-electron chi connectivity index (χ4n) is 4.05. The minimum atomic E-state index is -0.483. The van der Waals surface area contributed by atoms with Gasteiger partial charge in [0.25, 0.3) is 5.89 Å². The highest BCUT2D eigenvalue weighted by atomic mass is 16.4. The van der Waals surface area contributed by atoms with Gasteiger partial charge in [-0.2, -0.15) is 5.10 Å². The molecule has 6 heterocycles. The number of hydrogen-bond acceptors (Lipinski definition) is 8. The summed E-state index contributed by atoms with van der Waals surface area (Å²) in [5.74, 6) is -0.367. The SMILES string of the molecule is Cc1cccc2cc([C@H]3c4nc[nH]c4CCN3C(=O)c3nnc(-c4cnccn4)o3)nn12. The van der Waals surface area contributed by atoms with E-state index in [9.17, 15) is 4.79 Å². The van der Waals surface area contributed by atoms with Crippen LogP contribution in [0.1, 0.15) is 39.5 Å². The summed E-state index contributed by atoms with van der Waals surface area (Å²) in [6, 6.07) is 7.44. The number of nitrogens with zero attached hydrogens (tertiary/aromatic N) is 8. The van der Waals surface area contributed by atoms with Gasteiger partial charge in [-0.15, -0.1) is 10.2 Å². The van der Waals surface area contributed by atoms with Crippen molar-refractivity contribution in [3.05, 3.63) is 77.8 Å². The van der Waals surface area contributed by atoms with Crippen LogP contribution in [0.2, 0.25) is 0 Å². The van der Waals surface area contributed by atoms with Crippen LogP contribution in [-0.4, -0.2) is 57.1 Å². The van der Waals surface area contributed by atoms with Gasteiger partial charge in [0.05, 0.1) is 29.4 Å². The maximum Gasteiger partial charge on any atom is 0.312 e.